The molecular weight excluding hydrogens is 534 g/mol. The number of benzene rings is 3. The van der Waals surface area contributed by atoms with Crippen molar-refractivity contribution in [1.29, 1.82) is 0 Å². The van der Waals surface area contributed by atoms with E-state index in [-0.39, 0.29) is 17.2 Å². The lowest BCUT2D eigenvalue weighted by Gasteiger charge is -2.30. The predicted molar refractivity (Wildman–Crippen MR) is 147 cm³/mol. The number of anilines is 2. The van der Waals surface area contributed by atoms with Gasteiger partial charge in [0.2, 0.25) is 11.7 Å². The summed E-state index contributed by atoms with van der Waals surface area (Å²) in [6.45, 7) is 2.54. The maximum absolute atomic E-state index is 14.0. The van der Waals surface area contributed by atoms with Gasteiger partial charge in [-0.3, -0.25) is 24.5 Å². The molecule has 2 saturated heterocycles. The van der Waals surface area contributed by atoms with Crippen LogP contribution in [0.1, 0.15) is 24.9 Å². The first kappa shape index (κ1) is 27.7. The van der Waals surface area contributed by atoms with E-state index in [4.69, 9.17) is 23.8 Å². The number of hydrogen-bond acceptors (Lipinski definition) is 10. The molecule has 2 fully saturated rings. The molecule has 0 unspecified atom stereocenters. The summed E-state index contributed by atoms with van der Waals surface area (Å²) in [6.07, 6.45) is -0.353. The van der Waals surface area contributed by atoms with Crippen molar-refractivity contribution in [2.24, 2.45) is 5.92 Å². The van der Waals surface area contributed by atoms with Crippen LogP contribution in [-0.4, -0.2) is 50.8 Å². The van der Waals surface area contributed by atoms with Crippen LogP contribution < -0.4 is 28.9 Å². The van der Waals surface area contributed by atoms with E-state index in [1.54, 1.807) is 42.5 Å². The summed E-state index contributed by atoms with van der Waals surface area (Å²) < 4.78 is 22.3. The van der Waals surface area contributed by atoms with Gasteiger partial charge >= 0.3 is 0 Å². The van der Waals surface area contributed by atoms with Crippen LogP contribution in [-0.2, 0) is 14.4 Å². The second-order valence-corrected chi connectivity index (χ2v) is 9.38. The monoisotopic (exact) mass is 563 g/mol. The van der Waals surface area contributed by atoms with Gasteiger partial charge in [-0.1, -0.05) is 13.0 Å². The lowest BCUT2D eigenvalue weighted by Crippen LogP contribution is -2.37. The van der Waals surface area contributed by atoms with Gasteiger partial charge in [0.15, 0.2) is 17.6 Å². The molecule has 12 nitrogen and oxygen atoms in total. The molecule has 2 aliphatic rings. The van der Waals surface area contributed by atoms with Crippen molar-refractivity contribution in [2.45, 2.75) is 25.5 Å². The Morgan fingerprint density at radius 3 is 2.27 bits per heavy atom. The Balaban J connectivity index is 1.61. The summed E-state index contributed by atoms with van der Waals surface area (Å²) in [4.78, 5) is 46.0. The number of imide groups is 1. The number of ether oxygens (including phenoxy) is 4. The zero-order valence-electron chi connectivity index (χ0n) is 22.9. The normalized spacial score (nSPS) is 19.8. The molecular formula is C29H29N3O9. The van der Waals surface area contributed by atoms with E-state index in [1.807, 2.05) is 6.92 Å². The van der Waals surface area contributed by atoms with Crippen LogP contribution in [0.15, 0.2) is 60.7 Å². The molecule has 12 heteroatoms. The van der Waals surface area contributed by atoms with E-state index < -0.39 is 34.8 Å². The molecule has 2 amide bonds. The summed E-state index contributed by atoms with van der Waals surface area (Å²) in [5.74, 6) is -0.484. The summed E-state index contributed by atoms with van der Waals surface area (Å²) in [7, 11) is 4.38. The molecule has 0 saturated carbocycles. The fraction of sp³-hybridized carbons (Fsp3) is 0.310. The van der Waals surface area contributed by atoms with Crippen molar-refractivity contribution in [3.05, 3.63) is 76.3 Å². The van der Waals surface area contributed by atoms with Gasteiger partial charge in [0, 0.05) is 17.7 Å². The van der Waals surface area contributed by atoms with E-state index in [2.05, 4.69) is 0 Å². The number of carbonyl (C=O) groups excluding carboxylic acids is 2. The molecule has 3 aromatic rings. The van der Waals surface area contributed by atoms with Crippen LogP contribution in [0.3, 0.4) is 0 Å². The van der Waals surface area contributed by atoms with Crippen molar-refractivity contribution in [1.82, 2.24) is 0 Å². The SMILES string of the molecule is CCCOc1ccc(N2C(=O)[C@H]3[C@@H](c4ccc(OC)c(OC)c4OC)N(c4cccc([N+](=O)[O-])c4)O[C@H]3C2=O)cc1. The maximum Gasteiger partial charge on any atom is 0.271 e. The van der Waals surface area contributed by atoms with Gasteiger partial charge in [0.05, 0.1) is 44.2 Å². The fourth-order valence-electron chi connectivity index (χ4n) is 5.22. The number of hydroxylamine groups is 1. The number of nitro groups is 1. The first-order chi connectivity index (χ1) is 19.8. The number of nitro benzene ring substituents is 1. The van der Waals surface area contributed by atoms with Gasteiger partial charge < -0.3 is 18.9 Å². The van der Waals surface area contributed by atoms with Crippen LogP contribution in [0, 0.1) is 16.0 Å². The maximum atomic E-state index is 14.0. The zero-order chi connectivity index (χ0) is 29.3. The number of nitrogens with zero attached hydrogens (tertiary/aromatic N) is 3. The minimum Gasteiger partial charge on any atom is -0.494 e. The van der Waals surface area contributed by atoms with Gasteiger partial charge in [0.1, 0.15) is 17.7 Å². The molecule has 5 rings (SSSR count). The summed E-state index contributed by atoms with van der Waals surface area (Å²) >= 11 is 0. The molecule has 3 atom stereocenters. The van der Waals surface area contributed by atoms with Crippen LogP contribution in [0.5, 0.6) is 23.0 Å². The summed E-state index contributed by atoms with van der Waals surface area (Å²) in [5.41, 5.74) is 0.961. The lowest BCUT2D eigenvalue weighted by atomic mass is 9.89. The Labute approximate surface area is 236 Å². The van der Waals surface area contributed by atoms with E-state index in [9.17, 15) is 19.7 Å². The average molecular weight is 564 g/mol. The standard InChI is InChI=1S/C29H29N3O9/c1-5-15-40-20-11-9-17(10-12-20)30-28(33)23-24(21-13-14-22(37-2)26(39-4)25(21)38-3)31(41-27(23)29(30)34)18-7-6-8-19(16-18)32(35)36/h6-14,16,23-24,27H,5,15H2,1-4H3/t23-,24+,27+/m0/s1. The largest absolute Gasteiger partial charge is 0.494 e. The van der Waals surface area contributed by atoms with E-state index in [1.165, 1.54) is 44.6 Å². The second-order valence-electron chi connectivity index (χ2n) is 9.38. The molecule has 0 bridgehead atoms. The number of hydrogen-bond donors (Lipinski definition) is 0. The first-order valence-corrected chi connectivity index (χ1v) is 12.9. The van der Waals surface area contributed by atoms with Gasteiger partial charge in [-0.2, -0.15) is 0 Å². The molecule has 0 aliphatic carbocycles. The summed E-state index contributed by atoms with van der Waals surface area (Å²) in [6, 6.07) is 14.9. The van der Waals surface area contributed by atoms with Crippen LogP contribution >= 0.6 is 0 Å². The second kappa shape index (κ2) is 11.3. The molecule has 2 aliphatic heterocycles. The molecule has 3 aromatic carbocycles. The number of non-ortho nitro benzene ring substituents is 1. The lowest BCUT2D eigenvalue weighted by molar-refractivity contribution is -0.384. The van der Waals surface area contributed by atoms with Gasteiger partial charge in [0.25, 0.3) is 11.6 Å². The molecule has 41 heavy (non-hydrogen) atoms. The number of amides is 2. The smallest absolute Gasteiger partial charge is 0.271 e. The van der Waals surface area contributed by atoms with Crippen molar-refractivity contribution >= 4 is 28.9 Å². The highest BCUT2D eigenvalue weighted by Gasteiger charge is 2.61. The highest BCUT2D eigenvalue weighted by atomic mass is 16.7. The minimum atomic E-state index is -1.19. The minimum absolute atomic E-state index is 0.175. The van der Waals surface area contributed by atoms with Crippen LogP contribution in [0.2, 0.25) is 0 Å². The van der Waals surface area contributed by atoms with E-state index >= 15 is 0 Å². The first-order valence-electron chi connectivity index (χ1n) is 12.9. The van der Waals surface area contributed by atoms with Crippen LogP contribution in [0.4, 0.5) is 17.1 Å². The third-order valence-electron chi connectivity index (χ3n) is 7.03. The van der Waals surface area contributed by atoms with E-state index in [0.29, 0.717) is 35.0 Å². The van der Waals surface area contributed by atoms with Gasteiger partial charge in [-0.05, 0) is 48.9 Å². The Bertz CT molecular complexity index is 1480. The third-order valence-corrected chi connectivity index (χ3v) is 7.03. The van der Waals surface area contributed by atoms with Crippen LogP contribution in [0.25, 0.3) is 0 Å². The zero-order valence-corrected chi connectivity index (χ0v) is 22.9. The molecule has 0 spiro atoms. The number of carbonyl (C=O) groups is 2. The number of fused-ring (bicyclic) bond motifs is 1. The topological polar surface area (TPSA) is 130 Å². The average Bonchev–Trinajstić information content (AvgIpc) is 3.50. The highest BCUT2D eigenvalue weighted by Crippen LogP contribution is 2.53. The highest BCUT2D eigenvalue weighted by molar-refractivity contribution is 6.24. The summed E-state index contributed by atoms with van der Waals surface area (Å²) in [5, 5.41) is 12.9. The van der Waals surface area contributed by atoms with Gasteiger partial charge in [-0.25, -0.2) is 9.96 Å². The van der Waals surface area contributed by atoms with Crippen molar-refractivity contribution in [2.75, 3.05) is 37.9 Å². The molecule has 0 aromatic heterocycles. The molecule has 214 valence electrons. The Morgan fingerprint density at radius 1 is 0.902 bits per heavy atom. The Morgan fingerprint density at radius 2 is 1.63 bits per heavy atom. The fourth-order valence-corrected chi connectivity index (χ4v) is 5.22. The number of methoxy groups -OCH3 is 3. The van der Waals surface area contributed by atoms with Crippen molar-refractivity contribution in [3.63, 3.8) is 0 Å². The third kappa shape index (κ3) is 4.76. The predicted octanol–water partition coefficient (Wildman–Crippen LogP) is 4.46. The molecule has 0 radical (unpaired) electrons. The molecule has 0 N–H and O–H groups in total. The molecule has 2 heterocycles. The van der Waals surface area contributed by atoms with Gasteiger partial charge in [-0.15, -0.1) is 0 Å². The van der Waals surface area contributed by atoms with E-state index in [0.717, 1.165) is 11.3 Å². The van der Waals surface area contributed by atoms with Crippen molar-refractivity contribution < 1.29 is 38.3 Å². The quantitative estimate of drug-likeness (QED) is 0.198. The Hall–Kier alpha value is -4.84. The van der Waals surface area contributed by atoms with Crippen molar-refractivity contribution in [3.8, 4) is 23.0 Å². The Kier molecular flexibility index (Phi) is 7.66. The number of rotatable bonds is 10.